The fourth-order valence-corrected chi connectivity index (χ4v) is 2.67. The van der Waals surface area contributed by atoms with Gasteiger partial charge in [0.2, 0.25) is 5.88 Å². The molecule has 1 aromatic heterocycles. The molecule has 3 aromatic rings. The minimum Gasteiger partial charge on any atom is -0.503 e. The highest BCUT2D eigenvalue weighted by atomic mass is 19.4. The number of halogens is 6. The Labute approximate surface area is 160 Å². The number of hydrogen-bond acceptors (Lipinski definition) is 3. The second-order valence-electron chi connectivity index (χ2n) is 6.05. The number of aromatic nitrogens is 1. The number of ether oxygens (including phenoxy) is 1. The molecule has 0 fully saturated rings. The second-order valence-corrected chi connectivity index (χ2v) is 6.05. The average molecular weight is 417 g/mol. The molecule has 0 spiro atoms. The van der Waals surface area contributed by atoms with Crippen molar-refractivity contribution in [3.63, 3.8) is 0 Å². The summed E-state index contributed by atoms with van der Waals surface area (Å²) in [4.78, 5) is 0. The first-order valence-electron chi connectivity index (χ1n) is 8.07. The summed E-state index contributed by atoms with van der Waals surface area (Å²) in [6, 6.07) is 10.4. The van der Waals surface area contributed by atoms with Crippen LogP contribution < -0.4 is 4.74 Å². The Kier molecular flexibility index (Phi) is 5.12. The molecule has 3 rings (SSSR count). The Morgan fingerprint density at radius 3 is 2.10 bits per heavy atom. The first kappa shape index (κ1) is 20.4. The van der Waals surface area contributed by atoms with Crippen molar-refractivity contribution in [2.24, 2.45) is 0 Å². The number of alkyl halides is 6. The Hall–Kier alpha value is -3.30. The summed E-state index contributed by atoms with van der Waals surface area (Å²) in [6.45, 7) is -1.51. The van der Waals surface area contributed by atoms with Crippen LogP contribution in [0.15, 0.2) is 54.6 Å². The standard InChI is InChI=1S/C19H13F6NO3/c20-18(21,22)10-29-14-3-1-2-11(8-14)15-9-16(27)17(28)26(15)13-6-4-12(5-7-13)19(23,24)25/h1-9,27-28H,10H2. The quantitative estimate of drug-likeness (QED) is 0.550. The Morgan fingerprint density at radius 2 is 1.52 bits per heavy atom. The van der Waals surface area contributed by atoms with Gasteiger partial charge in [-0.25, -0.2) is 0 Å². The van der Waals surface area contributed by atoms with Crippen LogP contribution in [0.3, 0.4) is 0 Å². The van der Waals surface area contributed by atoms with Gasteiger partial charge in [0.1, 0.15) is 5.75 Å². The minimum absolute atomic E-state index is 0.104. The van der Waals surface area contributed by atoms with Gasteiger partial charge in [-0.15, -0.1) is 0 Å². The largest absolute Gasteiger partial charge is 0.503 e. The van der Waals surface area contributed by atoms with E-state index in [1.807, 2.05) is 0 Å². The number of hydrogen-bond donors (Lipinski definition) is 2. The third kappa shape index (κ3) is 4.58. The van der Waals surface area contributed by atoms with E-state index in [0.29, 0.717) is 0 Å². The van der Waals surface area contributed by atoms with Crippen LogP contribution in [0.2, 0.25) is 0 Å². The van der Waals surface area contributed by atoms with Crippen LogP contribution >= 0.6 is 0 Å². The second kappa shape index (κ2) is 7.26. The van der Waals surface area contributed by atoms with Crippen molar-refractivity contribution in [2.45, 2.75) is 12.4 Å². The van der Waals surface area contributed by atoms with E-state index in [2.05, 4.69) is 4.74 Å². The summed E-state index contributed by atoms with van der Waals surface area (Å²) < 4.78 is 81.1. The molecule has 0 unspecified atom stereocenters. The summed E-state index contributed by atoms with van der Waals surface area (Å²) in [5.74, 6) is -1.30. The van der Waals surface area contributed by atoms with Crippen molar-refractivity contribution >= 4 is 0 Å². The van der Waals surface area contributed by atoms with E-state index in [4.69, 9.17) is 0 Å². The van der Waals surface area contributed by atoms with Crippen molar-refractivity contribution in [3.8, 4) is 34.3 Å². The van der Waals surface area contributed by atoms with Crippen LogP contribution in [0, 0.1) is 0 Å². The van der Waals surface area contributed by atoms with Crippen LogP contribution in [0.4, 0.5) is 26.3 Å². The van der Waals surface area contributed by atoms with Crippen molar-refractivity contribution in [1.82, 2.24) is 4.57 Å². The van der Waals surface area contributed by atoms with Crippen molar-refractivity contribution in [1.29, 1.82) is 0 Å². The smallest absolute Gasteiger partial charge is 0.422 e. The van der Waals surface area contributed by atoms with Gasteiger partial charge in [-0.3, -0.25) is 4.57 Å². The molecule has 0 bridgehead atoms. The highest BCUT2D eigenvalue weighted by molar-refractivity contribution is 5.69. The summed E-state index contributed by atoms with van der Waals surface area (Å²) in [7, 11) is 0. The van der Waals surface area contributed by atoms with E-state index in [1.54, 1.807) is 0 Å². The third-order valence-electron chi connectivity index (χ3n) is 3.94. The zero-order valence-electron chi connectivity index (χ0n) is 14.4. The first-order valence-corrected chi connectivity index (χ1v) is 8.07. The predicted octanol–water partition coefficient (Wildman–Crippen LogP) is 5.52. The van der Waals surface area contributed by atoms with Gasteiger partial charge in [-0.05, 0) is 36.4 Å². The molecule has 4 nitrogen and oxygen atoms in total. The minimum atomic E-state index is -4.55. The molecule has 29 heavy (non-hydrogen) atoms. The molecule has 0 saturated heterocycles. The van der Waals surface area contributed by atoms with E-state index in [-0.39, 0.29) is 22.7 Å². The van der Waals surface area contributed by atoms with Crippen molar-refractivity contribution in [2.75, 3.05) is 6.61 Å². The number of aromatic hydroxyl groups is 2. The summed E-state index contributed by atoms with van der Waals surface area (Å²) in [5.41, 5.74) is -0.397. The lowest BCUT2D eigenvalue weighted by molar-refractivity contribution is -0.153. The molecule has 0 amide bonds. The Bertz CT molecular complexity index is 1010. The van der Waals surface area contributed by atoms with Crippen molar-refractivity contribution in [3.05, 3.63) is 60.2 Å². The number of benzene rings is 2. The van der Waals surface area contributed by atoms with Gasteiger partial charge in [0, 0.05) is 17.3 Å². The highest BCUT2D eigenvalue weighted by Crippen LogP contribution is 2.39. The first-order chi connectivity index (χ1) is 13.5. The van der Waals surface area contributed by atoms with E-state index in [1.165, 1.54) is 24.3 Å². The lowest BCUT2D eigenvalue weighted by Crippen LogP contribution is -2.19. The lowest BCUT2D eigenvalue weighted by Gasteiger charge is -2.14. The highest BCUT2D eigenvalue weighted by Gasteiger charge is 2.30. The molecular formula is C19H13F6NO3. The maximum absolute atomic E-state index is 12.8. The number of rotatable bonds is 4. The molecule has 0 saturated carbocycles. The summed E-state index contributed by atoms with van der Waals surface area (Å²) in [6.07, 6.45) is -9.08. The van der Waals surface area contributed by atoms with E-state index in [9.17, 15) is 36.6 Å². The normalized spacial score (nSPS) is 12.2. The zero-order chi connectivity index (χ0) is 21.4. The monoisotopic (exact) mass is 417 g/mol. The molecule has 2 aromatic carbocycles. The van der Waals surface area contributed by atoms with Crippen LogP contribution in [-0.2, 0) is 6.18 Å². The summed E-state index contributed by atoms with van der Waals surface area (Å²) in [5, 5.41) is 20.0. The molecule has 0 radical (unpaired) electrons. The van der Waals surface area contributed by atoms with Gasteiger partial charge < -0.3 is 14.9 Å². The van der Waals surface area contributed by atoms with Gasteiger partial charge in [0.15, 0.2) is 12.4 Å². The third-order valence-corrected chi connectivity index (χ3v) is 3.94. The molecule has 0 atom stereocenters. The van der Waals surface area contributed by atoms with E-state index >= 15 is 0 Å². The predicted molar refractivity (Wildman–Crippen MR) is 91.1 cm³/mol. The lowest BCUT2D eigenvalue weighted by atomic mass is 10.1. The molecular weight excluding hydrogens is 404 g/mol. The van der Waals surface area contributed by atoms with Gasteiger partial charge in [-0.1, -0.05) is 12.1 Å². The van der Waals surface area contributed by atoms with Crippen LogP contribution in [-0.4, -0.2) is 27.6 Å². The van der Waals surface area contributed by atoms with E-state index in [0.717, 1.165) is 34.9 Å². The van der Waals surface area contributed by atoms with Crippen LogP contribution in [0.25, 0.3) is 16.9 Å². The van der Waals surface area contributed by atoms with Gasteiger partial charge in [-0.2, -0.15) is 26.3 Å². The van der Waals surface area contributed by atoms with Crippen LogP contribution in [0.5, 0.6) is 17.4 Å². The Balaban J connectivity index is 2.01. The molecule has 0 aliphatic rings. The molecule has 0 aliphatic heterocycles. The van der Waals surface area contributed by atoms with E-state index < -0.39 is 36.2 Å². The number of nitrogens with zero attached hydrogens (tertiary/aromatic N) is 1. The fourth-order valence-electron chi connectivity index (χ4n) is 2.67. The fraction of sp³-hybridized carbons (Fsp3) is 0.158. The van der Waals surface area contributed by atoms with Gasteiger partial charge >= 0.3 is 12.4 Å². The maximum Gasteiger partial charge on any atom is 0.422 e. The summed E-state index contributed by atoms with van der Waals surface area (Å²) >= 11 is 0. The SMILES string of the molecule is Oc1cc(-c2cccc(OCC(F)(F)F)c2)n(-c2ccc(C(F)(F)F)cc2)c1O. The molecule has 2 N–H and O–H groups in total. The molecule has 0 aliphatic carbocycles. The molecule has 154 valence electrons. The zero-order valence-corrected chi connectivity index (χ0v) is 14.4. The van der Waals surface area contributed by atoms with Gasteiger partial charge in [0.25, 0.3) is 0 Å². The average Bonchev–Trinajstić information content (AvgIpc) is 2.94. The topological polar surface area (TPSA) is 54.6 Å². The maximum atomic E-state index is 12.8. The molecule has 1 heterocycles. The van der Waals surface area contributed by atoms with Gasteiger partial charge in [0.05, 0.1) is 11.3 Å². The molecule has 10 heteroatoms. The van der Waals surface area contributed by atoms with Crippen molar-refractivity contribution < 1.29 is 41.3 Å². The Morgan fingerprint density at radius 1 is 0.862 bits per heavy atom. The van der Waals surface area contributed by atoms with Crippen LogP contribution in [0.1, 0.15) is 5.56 Å².